The third-order valence-corrected chi connectivity index (χ3v) is 6.70. The Morgan fingerprint density at radius 2 is 1.92 bits per heavy atom. The fraction of sp³-hybridized carbons (Fsp3) is 0.824. The molecule has 1 aromatic heterocycles. The van der Waals surface area contributed by atoms with Crippen molar-refractivity contribution in [1.29, 1.82) is 0 Å². The van der Waals surface area contributed by atoms with Gasteiger partial charge >= 0.3 is 0 Å². The van der Waals surface area contributed by atoms with Crippen LogP contribution in [0.5, 0.6) is 0 Å². The SMILES string of the molecule is COCc1nsc(N2CCC(C(=O)N3CC4CCCC4C3)CC2)n1. The first-order chi connectivity index (χ1) is 11.7. The highest BCUT2D eigenvalue weighted by Crippen LogP contribution is 2.38. The van der Waals surface area contributed by atoms with Crippen molar-refractivity contribution >= 4 is 22.6 Å². The summed E-state index contributed by atoms with van der Waals surface area (Å²) in [5, 5.41) is 0.962. The van der Waals surface area contributed by atoms with Crippen LogP contribution >= 0.6 is 11.5 Å². The van der Waals surface area contributed by atoms with E-state index < -0.39 is 0 Å². The summed E-state index contributed by atoms with van der Waals surface area (Å²) in [5.41, 5.74) is 0. The van der Waals surface area contributed by atoms with Crippen molar-refractivity contribution in [3.63, 3.8) is 0 Å². The molecule has 4 rings (SSSR count). The number of carbonyl (C=O) groups is 1. The zero-order valence-corrected chi connectivity index (χ0v) is 15.1. The number of amides is 1. The largest absolute Gasteiger partial charge is 0.377 e. The van der Waals surface area contributed by atoms with E-state index >= 15 is 0 Å². The lowest BCUT2D eigenvalue weighted by Gasteiger charge is -2.33. The van der Waals surface area contributed by atoms with E-state index in [0.717, 1.165) is 61.8 Å². The van der Waals surface area contributed by atoms with E-state index in [9.17, 15) is 4.79 Å². The normalized spacial score (nSPS) is 27.7. The van der Waals surface area contributed by atoms with Gasteiger partial charge in [0.25, 0.3) is 0 Å². The Labute approximate surface area is 147 Å². The highest BCUT2D eigenvalue weighted by Gasteiger charge is 2.40. The topological polar surface area (TPSA) is 58.6 Å². The van der Waals surface area contributed by atoms with Crippen molar-refractivity contribution < 1.29 is 9.53 Å². The fourth-order valence-electron chi connectivity index (χ4n) is 4.55. The van der Waals surface area contributed by atoms with Crippen LogP contribution in [0.15, 0.2) is 0 Å². The molecule has 132 valence electrons. The number of methoxy groups -OCH3 is 1. The van der Waals surface area contributed by atoms with Crippen LogP contribution < -0.4 is 4.90 Å². The Hall–Kier alpha value is -1.21. The van der Waals surface area contributed by atoms with Gasteiger partial charge in [0.05, 0.1) is 0 Å². The summed E-state index contributed by atoms with van der Waals surface area (Å²) < 4.78 is 9.40. The van der Waals surface area contributed by atoms with Gasteiger partial charge in [-0.1, -0.05) is 6.42 Å². The fourth-order valence-corrected chi connectivity index (χ4v) is 5.28. The minimum absolute atomic E-state index is 0.200. The predicted octanol–water partition coefficient (Wildman–Crippen LogP) is 2.16. The molecule has 2 atom stereocenters. The van der Waals surface area contributed by atoms with Gasteiger partial charge in [-0.15, -0.1) is 0 Å². The van der Waals surface area contributed by atoms with E-state index in [1.807, 2.05) is 0 Å². The average molecular weight is 350 g/mol. The summed E-state index contributed by atoms with van der Waals surface area (Å²) >= 11 is 1.43. The van der Waals surface area contributed by atoms with Crippen molar-refractivity contribution in [2.24, 2.45) is 17.8 Å². The molecular weight excluding hydrogens is 324 g/mol. The van der Waals surface area contributed by atoms with E-state index in [2.05, 4.69) is 19.2 Å². The van der Waals surface area contributed by atoms with E-state index in [0.29, 0.717) is 12.5 Å². The van der Waals surface area contributed by atoms with Crippen molar-refractivity contribution in [3.05, 3.63) is 5.82 Å². The van der Waals surface area contributed by atoms with Gasteiger partial charge in [-0.3, -0.25) is 4.79 Å². The van der Waals surface area contributed by atoms with Crippen LogP contribution in [0.2, 0.25) is 0 Å². The highest BCUT2D eigenvalue weighted by atomic mass is 32.1. The smallest absolute Gasteiger partial charge is 0.225 e. The second-order valence-corrected chi connectivity index (χ2v) is 8.11. The first-order valence-electron chi connectivity index (χ1n) is 9.10. The molecule has 1 aromatic rings. The molecule has 0 radical (unpaired) electrons. The second kappa shape index (κ2) is 6.96. The van der Waals surface area contributed by atoms with Crippen LogP contribution in [0, 0.1) is 17.8 Å². The van der Waals surface area contributed by atoms with Gasteiger partial charge in [-0.2, -0.15) is 4.37 Å². The molecule has 1 saturated carbocycles. The van der Waals surface area contributed by atoms with E-state index in [1.165, 1.54) is 30.8 Å². The number of hydrogen-bond donors (Lipinski definition) is 0. The van der Waals surface area contributed by atoms with Crippen LogP contribution in [0.4, 0.5) is 5.13 Å². The van der Waals surface area contributed by atoms with Gasteiger partial charge in [0.15, 0.2) is 5.82 Å². The van der Waals surface area contributed by atoms with Crippen molar-refractivity contribution in [2.45, 2.75) is 38.7 Å². The molecule has 2 saturated heterocycles. The number of fused-ring (bicyclic) bond motifs is 1. The third kappa shape index (κ3) is 3.16. The van der Waals surface area contributed by atoms with Crippen molar-refractivity contribution in [2.75, 3.05) is 38.2 Å². The molecule has 24 heavy (non-hydrogen) atoms. The van der Waals surface area contributed by atoms with Crippen LogP contribution in [0.25, 0.3) is 0 Å². The second-order valence-electron chi connectivity index (χ2n) is 7.38. The molecule has 1 amide bonds. The number of nitrogens with zero attached hydrogens (tertiary/aromatic N) is 4. The van der Waals surface area contributed by atoms with Gasteiger partial charge in [-0.05, 0) is 37.5 Å². The van der Waals surface area contributed by atoms with E-state index in [4.69, 9.17) is 4.74 Å². The lowest BCUT2D eigenvalue weighted by atomic mass is 9.95. The number of carbonyl (C=O) groups excluding carboxylic acids is 1. The first kappa shape index (κ1) is 16.3. The maximum atomic E-state index is 12.8. The zero-order chi connectivity index (χ0) is 16.5. The highest BCUT2D eigenvalue weighted by molar-refractivity contribution is 7.09. The Balaban J connectivity index is 1.30. The van der Waals surface area contributed by atoms with Crippen molar-refractivity contribution in [3.8, 4) is 0 Å². The van der Waals surface area contributed by atoms with Gasteiger partial charge < -0.3 is 14.5 Å². The Morgan fingerprint density at radius 3 is 2.58 bits per heavy atom. The lowest BCUT2D eigenvalue weighted by Crippen LogP contribution is -2.42. The molecule has 0 N–H and O–H groups in total. The summed E-state index contributed by atoms with van der Waals surface area (Å²) in [4.78, 5) is 21.8. The van der Waals surface area contributed by atoms with Crippen LogP contribution in [-0.2, 0) is 16.1 Å². The quantitative estimate of drug-likeness (QED) is 0.833. The average Bonchev–Trinajstić information content (AvgIpc) is 3.30. The number of hydrogen-bond acceptors (Lipinski definition) is 6. The summed E-state index contributed by atoms with van der Waals surface area (Å²) in [7, 11) is 1.66. The first-order valence-corrected chi connectivity index (χ1v) is 9.87. The summed E-state index contributed by atoms with van der Waals surface area (Å²) in [6, 6.07) is 0. The summed E-state index contributed by atoms with van der Waals surface area (Å²) in [6.07, 6.45) is 5.89. The number of ether oxygens (including phenoxy) is 1. The number of likely N-dealkylation sites (tertiary alicyclic amines) is 1. The molecular formula is C17H26N4O2S. The maximum Gasteiger partial charge on any atom is 0.225 e. The monoisotopic (exact) mass is 350 g/mol. The molecule has 7 heteroatoms. The number of anilines is 1. The molecule has 0 spiro atoms. The van der Waals surface area contributed by atoms with Gasteiger partial charge in [0, 0.05) is 50.7 Å². The maximum absolute atomic E-state index is 12.8. The molecule has 6 nitrogen and oxygen atoms in total. The molecule has 2 unspecified atom stereocenters. The van der Waals surface area contributed by atoms with E-state index in [-0.39, 0.29) is 5.92 Å². The van der Waals surface area contributed by atoms with Gasteiger partial charge in [-0.25, -0.2) is 4.98 Å². The van der Waals surface area contributed by atoms with Crippen LogP contribution in [0.3, 0.4) is 0 Å². The summed E-state index contributed by atoms with van der Waals surface area (Å²) in [6.45, 7) is 4.29. The molecule has 3 fully saturated rings. The molecule has 1 aliphatic carbocycles. The van der Waals surface area contributed by atoms with Gasteiger partial charge in [0.2, 0.25) is 11.0 Å². The van der Waals surface area contributed by atoms with Crippen molar-refractivity contribution in [1.82, 2.24) is 14.3 Å². The Kier molecular flexibility index (Phi) is 4.72. The Morgan fingerprint density at radius 1 is 1.21 bits per heavy atom. The van der Waals surface area contributed by atoms with Crippen LogP contribution in [-0.4, -0.2) is 53.5 Å². The van der Waals surface area contributed by atoms with Crippen LogP contribution in [0.1, 0.15) is 37.9 Å². The number of piperidine rings is 1. The predicted molar refractivity (Wildman–Crippen MR) is 93.0 cm³/mol. The number of aromatic nitrogens is 2. The minimum Gasteiger partial charge on any atom is -0.377 e. The molecule has 3 heterocycles. The zero-order valence-electron chi connectivity index (χ0n) is 14.3. The number of rotatable bonds is 4. The molecule has 0 bridgehead atoms. The molecule has 2 aliphatic heterocycles. The summed E-state index contributed by atoms with van der Waals surface area (Å²) in [5.74, 6) is 2.93. The minimum atomic E-state index is 0.200. The van der Waals surface area contributed by atoms with Gasteiger partial charge in [0.1, 0.15) is 6.61 Å². The molecule has 3 aliphatic rings. The molecule has 0 aromatic carbocycles. The van der Waals surface area contributed by atoms with E-state index in [1.54, 1.807) is 7.11 Å². The standard InChI is InChI=1S/C17H26N4O2S/c1-23-11-15-18-17(24-19-15)20-7-5-12(6-8-20)16(22)21-9-13-3-2-4-14(13)10-21/h12-14H,2-11H2,1H3. The third-order valence-electron chi connectivity index (χ3n) is 5.88. The Bertz CT molecular complexity index is 573. The lowest BCUT2D eigenvalue weighted by molar-refractivity contribution is -0.135.